The second-order valence-corrected chi connectivity index (χ2v) is 1.47. The lowest BCUT2D eigenvalue weighted by Gasteiger charge is -1.82. The number of rotatable bonds is 3. The third kappa shape index (κ3) is 7.31. The number of nitrogens with zero attached hydrogens (tertiary/aromatic N) is 2. The smallest absolute Gasteiger partial charge is 0.0860 e. The minimum atomic E-state index is 1.58. The molecule has 0 fully saturated rings. The summed E-state index contributed by atoms with van der Waals surface area (Å²) in [5.74, 6) is 1.63. The van der Waals surface area contributed by atoms with Crippen LogP contribution >= 0.6 is 9.24 Å². The maximum Gasteiger partial charge on any atom is 0.0860 e. The minimum Gasteiger partial charge on any atom is -0.352 e. The lowest BCUT2D eigenvalue weighted by atomic mass is 10.9. The number of aliphatic imine (C=N–C) groups is 2. The Labute approximate surface area is 57.2 Å². The van der Waals surface area contributed by atoms with E-state index in [0.29, 0.717) is 0 Å². The van der Waals surface area contributed by atoms with Crippen molar-refractivity contribution in [3.63, 3.8) is 0 Å². The molecule has 1 atom stereocenters. The van der Waals surface area contributed by atoms with E-state index in [9.17, 15) is 0 Å². The molecule has 0 saturated heterocycles. The molecule has 0 aromatic carbocycles. The van der Waals surface area contributed by atoms with Crippen LogP contribution in [0.15, 0.2) is 22.4 Å². The highest BCUT2D eigenvalue weighted by molar-refractivity contribution is 7.36. The molecule has 0 aromatic rings. The van der Waals surface area contributed by atoms with E-state index in [2.05, 4.69) is 24.5 Å². The van der Waals surface area contributed by atoms with Crippen LogP contribution < -0.4 is 5.32 Å². The number of nitrogens with one attached hydrogen (secondary N) is 1. The van der Waals surface area contributed by atoms with Crippen molar-refractivity contribution in [2.45, 2.75) is 0 Å². The minimum absolute atomic E-state index is 1.58. The molecule has 0 aromatic heterocycles. The lowest BCUT2D eigenvalue weighted by Crippen LogP contribution is -1.98. The van der Waals surface area contributed by atoms with Gasteiger partial charge < -0.3 is 5.32 Å². The fourth-order valence-corrected chi connectivity index (χ4v) is 0.353. The van der Waals surface area contributed by atoms with Crippen LogP contribution in [0.5, 0.6) is 0 Å². The number of hydrogen-bond acceptors (Lipinski definition) is 2. The van der Waals surface area contributed by atoms with Crippen molar-refractivity contribution in [2.75, 3.05) is 7.05 Å². The van der Waals surface area contributed by atoms with Gasteiger partial charge in [-0.05, 0) is 0 Å². The maximum atomic E-state index is 3.78. The van der Waals surface area contributed by atoms with E-state index in [-0.39, 0.29) is 0 Å². The van der Waals surface area contributed by atoms with Crippen LogP contribution in [-0.2, 0) is 0 Å². The molecule has 0 rings (SSSR count). The monoisotopic (exact) mass is 143 g/mol. The molecule has 0 bridgehead atoms. The molecule has 0 radical (unpaired) electrons. The predicted molar refractivity (Wildman–Crippen MR) is 44.9 cm³/mol. The van der Waals surface area contributed by atoms with Crippen molar-refractivity contribution in [3.05, 3.63) is 12.4 Å². The first kappa shape index (κ1) is 8.31. The highest BCUT2D eigenvalue weighted by Crippen LogP contribution is 1.72. The average Bonchev–Trinajstić information content (AvgIpc) is 1.89. The Morgan fingerprint density at radius 2 is 2.33 bits per heavy atom. The first-order valence-electron chi connectivity index (χ1n) is 2.47. The Hall–Kier alpha value is -0.690. The lowest BCUT2D eigenvalue weighted by molar-refractivity contribution is 1.27. The summed E-state index contributed by atoms with van der Waals surface area (Å²) in [5.41, 5.74) is 0. The summed E-state index contributed by atoms with van der Waals surface area (Å²) < 4.78 is 0. The van der Waals surface area contributed by atoms with E-state index in [1.165, 1.54) is 0 Å². The molecule has 1 unspecified atom stereocenters. The standard InChI is InChI=1S/C5H10N3P/c1-6-4-7-2-3-8-5-9/h2-5H,9H2,1H3,(H,6,7)/b3-2+,8-5+. The Kier molecular flexibility index (Phi) is 6.75. The molecule has 0 spiro atoms. The average molecular weight is 143 g/mol. The van der Waals surface area contributed by atoms with E-state index >= 15 is 0 Å². The van der Waals surface area contributed by atoms with Crippen LogP contribution in [0, 0.1) is 0 Å². The molecule has 1 N–H and O–H groups in total. The van der Waals surface area contributed by atoms with Crippen LogP contribution in [0.25, 0.3) is 0 Å². The van der Waals surface area contributed by atoms with Gasteiger partial charge in [0.25, 0.3) is 0 Å². The van der Waals surface area contributed by atoms with Crippen molar-refractivity contribution in [1.82, 2.24) is 5.32 Å². The Morgan fingerprint density at radius 1 is 1.56 bits per heavy atom. The third-order valence-corrected chi connectivity index (χ3v) is 0.719. The molecule has 9 heavy (non-hydrogen) atoms. The van der Waals surface area contributed by atoms with Gasteiger partial charge in [0, 0.05) is 25.4 Å². The van der Waals surface area contributed by atoms with Crippen LogP contribution in [0.1, 0.15) is 0 Å². The summed E-state index contributed by atoms with van der Waals surface area (Å²) in [6.45, 7) is 0. The van der Waals surface area contributed by atoms with Gasteiger partial charge in [-0.15, -0.1) is 0 Å². The normalized spacial score (nSPS) is 12.2. The van der Waals surface area contributed by atoms with Gasteiger partial charge in [-0.1, -0.05) is 9.24 Å². The molecule has 0 saturated carbocycles. The highest BCUT2D eigenvalue weighted by atomic mass is 31.0. The molecule has 3 nitrogen and oxygen atoms in total. The molecule has 0 aliphatic carbocycles. The summed E-state index contributed by atoms with van der Waals surface area (Å²) in [6, 6.07) is 0. The maximum absolute atomic E-state index is 3.78. The molecule has 0 amide bonds. The number of hydrogen-bond donors (Lipinski definition) is 1. The van der Waals surface area contributed by atoms with Gasteiger partial charge in [-0.2, -0.15) is 0 Å². The van der Waals surface area contributed by atoms with Gasteiger partial charge in [0.05, 0.1) is 6.34 Å². The molecule has 50 valence electrons. The quantitative estimate of drug-likeness (QED) is 0.350. The second-order valence-electron chi connectivity index (χ2n) is 1.17. The van der Waals surface area contributed by atoms with Crippen molar-refractivity contribution < 1.29 is 0 Å². The molecular weight excluding hydrogens is 133 g/mol. The van der Waals surface area contributed by atoms with Crippen molar-refractivity contribution >= 4 is 21.5 Å². The zero-order valence-electron chi connectivity index (χ0n) is 5.28. The molecule has 0 aliphatic heterocycles. The van der Waals surface area contributed by atoms with Gasteiger partial charge >= 0.3 is 0 Å². The molecule has 4 heteroatoms. The highest BCUT2D eigenvalue weighted by Gasteiger charge is 1.60. The van der Waals surface area contributed by atoms with Gasteiger partial charge in [0.1, 0.15) is 0 Å². The topological polar surface area (TPSA) is 36.8 Å². The van der Waals surface area contributed by atoms with E-state index in [1.54, 1.807) is 31.7 Å². The van der Waals surface area contributed by atoms with E-state index in [4.69, 9.17) is 0 Å². The zero-order chi connectivity index (χ0) is 6.95. The first-order chi connectivity index (χ1) is 4.41. The molecule has 0 aliphatic rings. The summed E-state index contributed by atoms with van der Waals surface area (Å²) in [7, 11) is 4.07. The zero-order valence-corrected chi connectivity index (χ0v) is 6.44. The molecular formula is C5H10N3P. The van der Waals surface area contributed by atoms with Gasteiger partial charge in [-0.3, -0.25) is 9.98 Å². The fraction of sp³-hybridized carbons (Fsp3) is 0.200. The first-order valence-corrected chi connectivity index (χ1v) is 3.13. The van der Waals surface area contributed by atoms with E-state index < -0.39 is 0 Å². The largest absolute Gasteiger partial charge is 0.352 e. The van der Waals surface area contributed by atoms with E-state index in [1.807, 2.05) is 0 Å². The fourth-order valence-electron chi connectivity index (χ4n) is 0.253. The van der Waals surface area contributed by atoms with Crippen molar-refractivity contribution in [1.29, 1.82) is 0 Å². The predicted octanol–water partition coefficient (Wildman–Crippen LogP) is 0.609. The Bertz CT molecular complexity index is 128. The van der Waals surface area contributed by atoms with E-state index in [0.717, 1.165) is 0 Å². The van der Waals surface area contributed by atoms with Gasteiger partial charge in [0.15, 0.2) is 0 Å². The molecule has 0 heterocycles. The SMILES string of the molecule is C/N=C\N/C=C/N=C/P. The summed E-state index contributed by atoms with van der Waals surface area (Å²) in [5, 5.41) is 2.77. The third-order valence-electron chi connectivity index (χ3n) is 0.547. The van der Waals surface area contributed by atoms with Crippen LogP contribution in [0.2, 0.25) is 0 Å². The van der Waals surface area contributed by atoms with Gasteiger partial charge in [0.2, 0.25) is 0 Å². The van der Waals surface area contributed by atoms with Crippen LogP contribution in [-0.4, -0.2) is 19.3 Å². The summed E-state index contributed by atoms with van der Waals surface area (Å²) in [6.07, 6.45) is 4.90. The van der Waals surface area contributed by atoms with Crippen molar-refractivity contribution in [2.24, 2.45) is 9.98 Å². The van der Waals surface area contributed by atoms with Crippen LogP contribution in [0.4, 0.5) is 0 Å². The van der Waals surface area contributed by atoms with Gasteiger partial charge in [-0.25, -0.2) is 0 Å². The van der Waals surface area contributed by atoms with Crippen molar-refractivity contribution in [3.8, 4) is 0 Å². The second kappa shape index (κ2) is 7.31. The summed E-state index contributed by atoms with van der Waals surface area (Å²) >= 11 is 0. The summed E-state index contributed by atoms with van der Waals surface area (Å²) in [4.78, 5) is 7.47. The van der Waals surface area contributed by atoms with Crippen LogP contribution in [0.3, 0.4) is 0 Å². The Balaban J connectivity index is 3.25. The Morgan fingerprint density at radius 3 is 2.89 bits per heavy atom.